The Morgan fingerprint density at radius 3 is 2.21 bits per heavy atom. The van der Waals surface area contributed by atoms with Crippen LogP contribution >= 0.6 is 23.2 Å². The molecule has 3 aromatic rings. The number of hydrogen-bond donors (Lipinski definition) is 1. The summed E-state index contributed by atoms with van der Waals surface area (Å²) in [5, 5.41) is 3.87. The van der Waals surface area contributed by atoms with Crippen LogP contribution in [0.15, 0.2) is 66.7 Å². The molecule has 0 heterocycles. The van der Waals surface area contributed by atoms with Crippen molar-refractivity contribution in [2.75, 3.05) is 23.7 Å². The first-order valence-electron chi connectivity index (χ1n) is 14.5. The van der Waals surface area contributed by atoms with E-state index >= 15 is 0 Å². The monoisotopic (exact) mass is 645 g/mol. The lowest BCUT2D eigenvalue weighted by Gasteiger charge is -2.32. The van der Waals surface area contributed by atoms with E-state index in [-0.39, 0.29) is 37.7 Å². The van der Waals surface area contributed by atoms with Gasteiger partial charge in [0.1, 0.15) is 6.04 Å². The van der Waals surface area contributed by atoms with Crippen molar-refractivity contribution in [2.24, 2.45) is 0 Å². The van der Waals surface area contributed by atoms with Crippen LogP contribution in [0.3, 0.4) is 0 Å². The minimum absolute atomic E-state index is 0.0373. The van der Waals surface area contributed by atoms with Crippen molar-refractivity contribution >= 4 is 50.7 Å². The van der Waals surface area contributed by atoms with Crippen LogP contribution in [0.1, 0.15) is 54.9 Å². The van der Waals surface area contributed by atoms with E-state index in [0.29, 0.717) is 34.3 Å². The Balaban J connectivity index is 1.91. The summed E-state index contributed by atoms with van der Waals surface area (Å²) in [7, 11) is -3.60. The second-order valence-corrected chi connectivity index (χ2v) is 13.6. The van der Waals surface area contributed by atoms with Gasteiger partial charge in [-0.2, -0.15) is 0 Å². The highest BCUT2D eigenvalue weighted by Crippen LogP contribution is 2.26. The second kappa shape index (κ2) is 16.1. The smallest absolute Gasteiger partial charge is 0.243 e. The van der Waals surface area contributed by atoms with Crippen molar-refractivity contribution in [2.45, 2.75) is 65.5 Å². The van der Waals surface area contributed by atoms with Crippen LogP contribution in [0.25, 0.3) is 0 Å². The number of carbonyl (C=O) groups excluding carboxylic acids is 2. The molecular weight excluding hydrogens is 605 g/mol. The summed E-state index contributed by atoms with van der Waals surface area (Å²) in [6.07, 6.45) is 3.52. The minimum Gasteiger partial charge on any atom is -0.354 e. The molecule has 0 aliphatic heterocycles. The van der Waals surface area contributed by atoms with Crippen molar-refractivity contribution < 1.29 is 18.0 Å². The topological polar surface area (TPSA) is 86.8 Å². The van der Waals surface area contributed by atoms with Gasteiger partial charge in [-0.15, -0.1) is 0 Å². The minimum atomic E-state index is -3.60. The molecule has 0 radical (unpaired) electrons. The van der Waals surface area contributed by atoms with Crippen LogP contribution in [-0.2, 0) is 32.6 Å². The normalized spacial score (nSPS) is 12.0. The van der Waals surface area contributed by atoms with E-state index in [9.17, 15) is 18.0 Å². The number of unbranched alkanes of at least 4 members (excludes halogenated alkanes) is 1. The Morgan fingerprint density at radius 2 is 1.60 bits per heavy atom. The predicted octanol–water partition coefficient (Wildman–Crippen LogP) is 6.71. The summed E-state index contributed by atoms with van der Waals surface area (Å²) in [4.78, 5) is 29.2. The van der Waals surface area contributed by atoms with Gasteiger partial charge >= 0.3 is 0 Å². The summed E-state index contributed by atoms with van der Waals surface area (Å²) in [6, 6.07) is 19.4. The third-order valence-electron chi connectivity index (χ3n) is 7.10. The number of sulfonamides is 1. The van der Waals surface area contributed by atoms with E-state index in [4.69, 9.17) is 23.2 Å². The molecule has 0 bridgehead atoms. The van der Waals surface area contributed by atoms with Crippen molar-refractivity contribution in [1.29, 1.82) is 0 Å². The molecule has 2 amide bonds. The van der Waals surface area contributed by atoms with Crippen molar-refractivity contribution in [3.63, 3.8) is 0 Å². The van der Waals surface area contributed by atoms with Crippen LogP contribution in [0, 0.1) is 13.8 Å². The lowest BCUT2D eigenvalue weighted by Crippen LogP contribution is -2.50. The average molecular weight is 647 g/mol. The van der Waals surface area contributed by atoms with Gasteiger partial charge in [-0.3, -0.25) is 13.9 Å². The SMILES string of the molecule is CCCCNC(=O)[C@@H](Cc1ccccc1)N(Cc1ccc(Cl)cc1Cl)C(=O)CCCN(c1cc(C)cc(C)c1)S(C)(=O)=O. The van der Waals surface area contributed by atoms with Crippen LogP contribution in [0.5, 0.6) is 0 Å². The highest BCUT2D eigenvalue weighted by Gasteiger charge is 2.31. The molecule has 0 saturated carbocycles. The lowest BCUT2D eigenvalue weighted by atomic mass is 10.0. The summed E-state index contributed by atoms with van der Waals surface area (Å²) in [5.41, 5.74) is 4.03. The molecule has 0 spiro atoms. The van der Waals surface area contributed by atoms with Crippen LogP contribution in [-0.4, -0.2) is 50.5 Å². The van der Waals surface area contributed by atoms with E-state index in [2.05, 4.69) is 5.32 Å². The van der Waals surface area contributed by atoms with E-state index in [1.165, 1.54) is 4.31 Å². The highest BCUT2D eigenvalue weighted by atomic mass is 35.5. The van der Waals surface area contributed by atoms with E-state index < -0.39 is 16.1 Å². The van der Waals surface area contributed by atoms with Gasteiger partial charge in [0, 0.05) is 42.5 Å². The van der Waals surface area contributed by atoms with Crippen molar-refractivity contribution in [1.82, 2.24) is 10.2 Å². The number of benzene rings is 3. The maximum Gasteiger partial charge on any atom is 0.243 e. The largest absolute Gasteiger partial charge is 0.354 e. The Kier molecular flexibility index (Phi) is 12.9. The van der Waals surface area contributed by atoms with Gasteiger partial charge < -0.3 is 10.2 Å². The summed E-state index contributed by atoms with van der Waals surface area (Å²) >= 11 is 12.6. The van der Waals surface area contributed by atoms with E-state index in [1.807, 2.05) is 69.3 Å². The van der Waals surface area contributed by atoms with Gasteiger partial charge in [0.05, 0.1) is 11.9 Å². The van der Waals surface area contributed by atoms with Gasteiger partial charge in [-0.25, -0.2) is 8.42 Å². The molecule has 0 aromatic heterocycles. The van der Waals surface area contributed by atoms with E-state index in [1.54, 1.807) is 23.1 Å². The summed E-state index contributed by atoms with van der Waals surface area (Å²) in [6.45, 7) is 6.60. The first-order valence-corrected chi connectivity index (χ1v) is 17.1. The number of rotatable bonds is 15. The van der Waals surface area contributed by atoms with Crippen LogP contribution in [0.4, 0.5) is 5.69 Å². The van der Waals surface area contributed by atoms with Gasteiger partial charge in [-0.05, 0) is 73.2 Å². The number of halogens is 2. The second-order valence-electron chi connectivity index (χ2n) is 10.9. The maximum atomic E-state index is 14.0. The van der Waals surface area contributed by atoms with E-state index in [0.717, 1.165) is 35.8 Å². The van der Waals surface area contributed by atoms with Crippen LogP contribution in [0.2, 0.25) is 10.0 Å². The number of nitrogens with one attached hydrogen (secondary N) is 1. The summed E-state index contributed by atoms with van der Waals surface area (Å²) in [5.74, 6) is -0.518. The van der Waals surface area contributed by atoms with Gasteiger partial charge in [0.25, 0.3) is 0 Å². The Bertz CT molecular complexity index is 1480. The number of nitrogens with zero attached hydrogens (tertiary/aromatic N) is 2. The molecule has 1 atom stereocenters. The zero-order valence-electron chi connectivity index (χ0n) is 25.3. The number of anilines is 1. The fourth-order valence-electron chi connectivity index (χ4n) is 4.99. The van der Waals surface area contributed by atoms with Crippen molar-refractivity contribution in [3.8, 4) is 0 Å². The Hall–Kier alpha value is -3.07. The molecule has 0 fully saturated rings. The average Bonchev–Trinajstić information content (AvgIpc) is 2.93. The zero-order valence-corrected chi connectivity index (χ0v) is 27.6. The molecule has 0 unspecified atom stereocenters. The number of hydrogen-bond acceptors (Lipinski definition) is 4. The Labute approximate surface area is 266 Å². The molecule has 1 N–H and O–H groups in total. The third-order valence-corrected chi connectivity index (χ3v) is 8.88. The predicted molar refractivity (Wildman–Crippen MR) is 176 cm³/mol. The molecule has 0 aliphatic rings. The molecular formula is C33H41Cl2N3O4S. The van der Waals surface area contributed by atoms with Gasteiger partial charge in [0.15, 0.2) is 0 Å². The molecule has 43 heavy (non-hydrogen) atoms. The molecule has 3 rings (SSSR count). The molecule has 10 heteroatoms. The first kappa shape index (κ1) is 34.4. The molecule has 7 nitrogen and oxygen atoms in total. The summed E-state index contributed by atoms with van der Waals surface area (Å²) < 4.78 is 26.8. The van der Waals surface area contributed by atoms with Gasteiger partial charge in [-0.1, -0.05) is 79.0 Å². The highest BCUT2D eigenvalue weighted by molar-refractivity contribution is 7.92. The van der Waals surface area contributed by atoms with Gasteiger partial charge in [0.2, 0.25) is 21.8 Å². The van der Waals surface area contributed by atoms with Crippen LogP contribution < -0.4 is 9.62 Å². The Morgan fingerprint density at radius 1 is 0.930 bits per heavy atom. The number of aryl methyl sites for hydroxylation is 2. The van der Waals surface area contributed by atoms with Crippen molar-refractivity contribution in [3.05, 3.63) is 99.0 Å². The quantitative estimate of drug-likeness (QED) is 0.186. The fraction of sp³-hybridized carbons (Fsp3) is 0.394. The zero-order chi connectivity index (χ0) is 31.6. The molecule has 3 aromatic carbocycles. The third kappa shape index (κ3) is 10.6. The fourth-order valence-corrected chi connectivity index (χ4v) is 6.41. The molecule has 0 saturated heterocycles. The molecule has 232 valence electrons. The maximum absolute atomic E-state index is 14.0. The molecule has 0 aliphatic carbocycles. The number of amides is 2. The standard InChI is InChI=1S/C33H41Cl2N3O4S/c1-5-6-16-36-33(40)31(21-26-11-8-7-9-12-26)37(23-27-14-15-28(34)22-30(27)35)32(39)13-10-17-38(43(4,41)42)29-19-24(2)18-25(3)20-29/h7-9,11-12,14-15,18-20,22,31H,5-6,10,13,16-17,21,23H2,1-4H3,(H,36,40)/t31-/m1/s1. The first-order chi connectivity index (χ1) is 20.4. The lowest BCUT2D eigenvalue weighted by molar-refractivity contribution is -0.141. The number of carbonyl (C=O) groups is 2.